The van der Waals surface area contributed by atoms with Gasteiger partial charge in [-0.25, -0.2) is 9.59 Å². The molecule has 0 spiro atoms. The summed E-state index contributed by atoms with van der Waals surface area (Å²) >= 11 is 0. The molecule has 2 N–H and O–H groups in total. The maximum Gasteiger partial charge on any atom is 0.339 e. The van der Waals surface area contributed by atoms with Crippen molar-refractivity contribution in [3.63, 3.8) is 0 Å². The molecule has 10 heteroatoms. The summed E-state index contributed by atoms with van der Waals surface area (Å²) in [5.74, 6) is -2.10. The van der Waals surface area contributed by atoms with E-state index in [-0.39, 0.29) is 22.7 Å². The zero-order chi connectivity index (χ0) is 25.3. The molecule has 0 aromatic heterocycles. The quantitative estimate of drug-likeness (QED) is 0.505. The van der Waals surface area contributed by atoms with E-state index in [1.165, 1.54) is 45.6 Å². The van der Waals surface area contributed by atoms with Crippen LogP contribution in [-0.4, -0.2) is 57.7 Å². The molecular formula is C24H28N2O8. The van der Waals surface area contributed by atoms with E-state index in [1.54, 1.807) is 32.0 Å². The fourth-order valence-electron chi connectivity index (χ4n) is 2.95. The molecule has 0 aliphatic heterocycles. The lowest BCUT2D eigenvalue weighted by atomic mass is 10.0. The minimum atomic E-state index is -1.01. The van der Waals surface area contributed by atoms with Gasteiger partial charge >= 0.3 is 11.9 Å². The van der Waals surface area contributed by atoms with Crippen LogP contribution in [0.5, 0.6) is 11.5 Å². The topological polar surface area (TPSA) is 129 Å². The summed E-state index contributed by atoms with van der Waals surface area (Å²) in [6.07, 6.45) is 0. The third kappa shape index (κ3) is 6.96. The van der Waals surface area contributed by atoms with E-state index in [4.69, 9.17) is 14.2 Å². The van der Waals surface area contributed by atoms with Gasteiger partial charge in [-0.3, -0.25) is 9.59 Å². The first kappa shape index (κ1) is 26.2. The number of para-hydroxylation sites is 1. The minimum absolute atomic E-state index is 0.158. The molecular weight excluding hydrogens is 444 g/mol. The minimum Gasteiger partial charge on any atom is -0.497 e. The maximum atomic E-state index is 12.8. The molecule has 0 saturated heterocycles. The van der Waals surface area contributed by atoms with Gasteiger partial charge in [-0.15, -0.1) is 0 Å². The Kier molecular flexibility index (Phi) is 9.42. The second kappa shape index (κ2) is 12.2. The molecule has 0 fully saturated rings. The fourth-order valence-corrected chi connectivity index (χ4v) is 2.95. The predicted octanol–water partition coefficient (Wildman–Crippen LogP) is 2.43. The number of rotatable bonds is 10. The molecule has 1 atom stereocenters. The van der Waals surface area contributed by atoms with Crippen molar-refractivity contribution in [2.75, 3.05) is 33.3 Å². The molecule has 2 aromatic rings. The highest BCUT2D eigenvalue weighted by molar-refractivity contribution is 6.02. The number of ether oxygens (including phenoxy) is 4. The molecule has 0 heterocycles. The van der Waals surface area contributed by atoms with E-state index in [1.807, 2.05) is 0 Å². The van der Waals surface area contributed by atoms with E-state index in [0.717, 1.165) is 0 Å². The monoisotopic (exact) mass is 472 g/mol. The van der Waals surface area contributed by atoms with Gasteiger partial charge < -0.3 is 29.6 Å². The zero-order valence-corrected chi connectivity index (χ0v) is 19.7. The highest BCUT2D eigenvalue weighted by Gasteiger charge is 2.27. The number of esters is 2. The van der Waals surface area contributed by atoms with Crippen LogP contribution in [0.4, 0.5) is 5.69 Å². The van der Waals surface area contributed by atoms with E-state index < -0.39 is 36.4 Å². The van der Waals surface area contributed by atoms with Crippen molar-refractivity contribution in [3.05, 3.63) is 53.6 Å². The lowest BCUT2D eigenvalue weighted by Gasteiger charge is -2.21. The second-order valence-corrected chi connectivity index (χ2v) is 7.49. The van der Waals surface area contributed by atoms with Crippen molar-refractivity contribution in [2.45, 2.75) is 19.9 Å². The Morgan fingerprint density at radius 2 is 1.53 bits per heavy atom. The summed E-state index contributed by atoms with van der Waals surface area (Å²) < 4.78 is 20.1. The summed E-state index contributed by atoms with van der Waals surface area (Å²) in [6, 6.07) is 9.87. The van der Waals surface area contributed by atoms with Crippen LogP contribution in [0.3, 0.4) is 0 Å². The Morgan fingerprint density at radius 1 is 0.912 bits per heavy atom. The number of hydrogen-bond acceptors (Lipinski definition) is 8. The highest BCUT2D eigenvalue weighted by atomic mass is 16.5. The van der Waals surface area contributed by atoms with Crippen LogP contribution in [0.25, 0.3) is 0 Å². The summed E-state index contributed by atoms with van der Waals surface area (Å²) in [4.78, 5) is 49.5. The molecule has 2 amide bonds. The van der Waals surface area contributed by atoms with Crippen molar-refractivity contribution < 1.29 is 38.1 Å². The van der Waals surface area contributed by atoms with Crippen molar-refractivity contribution in [1.29, 1.82) is 0 Å². The number of amides is 2. The number of methoxy groups -OCH3 is 3. The lowest BCUT2D eigenvalue weighted by Crippen LogP contribution is -2.46. The summed E-state index contributed by atoms with van der Waals surface area (Å²) in [5, 5.41) is 5.13. The molecule has 0 aliphatic rings. The van der Waals surface area contributed by atoms with Crippen LogP contribution in [0.1, 0.15) is 34.6 Å². The zero-order valence-electron chi connectivity index (χ0n) is 19.7. The van der Waals surface area contributed by atoms with Gasteiger partial charge in [-0.05, 0) is 30.2 Å². The molecule has 2 aromatic carbocycles. The van der Waals surface area contributed by atoms with Gasteiger partial charge in [0.25, 0.3) is 11.8 Å². The predicted molar refractivity (Wildman–Crippen MR) is 123 cm³/mol. The number of benzene rings is 2. The largest absolute Gasteiger partial charge is 0.497 e. The van der Waals surface area contributed by atoms with Gasteiger partial charge in [-0.1, -0.05) is 26.0 Å². The average Bonchev–Trinajstić information content (AvgIpc) is 2.84. The summed E-state index contributed by atoms with van der Waals surface area (Å²) in [6.45, 7) is 2.84. The van der Waals surface area contributed by atoms with Crippen LogP contribution in [-0.2, 0) is 19.1 Å². The number of nitrogens with one attached hydrogen (secondary N) is 2. The number of anilines is 1. The number of carbonyl (C=O) groups excluding carboxylic acids is 4. The van der Waals surface area contributed by atoms with Gasteiger partial charge in [0.15, 0.2) is 6.61 Å². The first-order chi connectivity index (χ1) is 16.2. The smallest absolute Gasteiger partial charge is 0.339 e. The van der Waals surface area contributed by atoms with Crippen molar-refractivity contribution in [1.82, 2.24) is 5.32 Å². The third-order valence-electron chi connectivity index (χ3n) is 4.77. The van der Waals surface area contributed by atoms with Crippen LogP contribution >= 0.6 is 0 Å². The van der Waals surface area contributed by atoms with Gasteiger partial charge in [0, 0.05) is 11.6 Å². The third-order valence-corrected chi connectivity index (χ3v) is 4.77. The van der Waals surface area contributed by atoms with Crippen molar-refractivity contribution >= 4 is 29.4 Å². The van der Waals surface area contributed by atoms with Crippen LogP contribution < -0.4 is 20.1 Å². The average molecular weight is 472 g/mol. The molecule has 34 heavy (non-hydrogen) atoms. The van der Waals surface area contributed by atoms with Gasteiger partial charge in [0.2, 0.25) is 0 Å². The van der Waals surface area contributed by atoms with Crippen molar-refractivity contribution in [2.24, 2.45) is 5.92 Å². The molecule has 0 aliphatic carbocycles. The van der Waals surface area contributed by atoms with Gasteiger partial charge in [0.1, 0.15) is 17.5 Å². The molecule has 0 radical (unpaired) electrons. The molecule has 1 unspecified atom stereocenters. The van der Waals surface area contributed by atoms with Gasteiger partial charge in [-0.2, -0.15) is 0 Å². The second-order valence-electron chi connectivity index (χ2n) is 7.49. The first-order valence-electron chi connectivity index (χ1n) is 10.4. The lowest BCUT2D eigenvalue weighted by molar-refractivity contribution is -0.150. The molecule has 182 valence electrons. The summed E-state index contributed by atoms with van der Waals surface area (Å²) in [7, 11) is 4.14. The van der Waals surface area contributed by atoms with Crippen LogP contribution in [0.2, 0.25) is 0 Å². The number of carbonyl (C=O) groups is 4. The molecule has 0 bridgehead atoms. The van der Waals surface area contributed by atoms with Crippen molar-refractivity contribution in [3.8, 4) is 11.5 Å². The fraction of sp³-hybridized carbons (Fsp3) is 0.333. The van der Waals surface area contributed by atoms with E-state index >= 15 is 0 Å². The Morgan fingerprint density at radius 3 is 2.09 bits per heavy atom. The highest BCUT2D eigenvalue weighted by Crippen LogP contribution is 2.23. The van der Waals surface area contributed by atoms with Crippen LogP contribution in [0.15, 0.2) is 42.5 Å². The molecule has 0 saturated carbocycles. The number of hydrogen-bond donors (Lipinski definition) is 2. The standard InChI is InChI=1S/C24H28N2O8/c1-14(2)21(26-22(28)15-10-16(31-3)12-17(11-15)32-4)24(30)34-13-20(27)25-19-9-7-6-8-18(19)23(29)33-5/h6-12,14,21H,13H2,1-5H3,(H,25,27)(H,26,28). The van der Waals surface area contributed by atoms with E-state index in [9.17, 15) is 19.2 Å². The first-order valence-corrected chi connectivity index (χ1v) is 10.4. The van der Waals surface area contributed by atoms with Crippen LogP contribution in [0, 0.1) is 5.92 Å². The van der Waals surface area contributed by atoms with Gasteiger partial charge in [0.05, 0.1) is 32.6 Å². The maximum absolute atomic E-state index is 12.8. The molecule has 10 nitrogen and oxygen atoms in total. The molecule has 2 rings (SSSR count). The SMILES string of the molecule is COC(=O)c1ccccc1NC(=O)COC(=O)C(NC(=O)c1cc(OC)cc(OC)c1)C(C)C. The van der Waals surface area contributed by atoms with E-state index in [2.05, 4.69) is 15.4 Å². The Bertz CT molecular complexity index is 1030. The Balaban J connectivity index is 2.04. The Labute approximate surface area is 197 Å². The van der Waals surface area contributed by atoms with E-state index in [0.29, 0.717) is 11.5 Å². The summed E-state index contributed by atoms with van der Waals surface area (Å²) in [5.41, 5.74) is 0.605. The normalized spacial score (nSPS) is 11.2. The Hall–Kier alpha value is -4.08.